The number of carbonyl (C=O) groups is 1. The minimum Gasteiger partial charge on any atom is -0.497 e. The molecule has 3 aromatic rings. The molecule has 0 saturated heterocycles. The Balaban J connectivity index is 1.66. The summed E-state index contributed by atoms with van der Waals surface area (Å²) in [5.41, 5.74) is 0.495. The van der Waals surface area contributed by atoms with Crippen molar-refractivity contribution in [1.29, 1.82) is 0 Å². The smallest absolute Gasteiger partial charge is 0.252 e. The van der Waals surface area contributed by atoms with Crippen LogP contribution in [0.3, 0.4) is 0 Å². The van der Waals surface area contributed by atoms with Gasteiger partial charge in [-0.3, -0.25) is 4.79 Å². The van der Waals surface area contributed by atoms with Crippen LogP contribution in [-0.4, -0.2) is 33.7 Å². The molecule has 26 heavy (non-hydrogen) atoms. The summed E-state index contributed by atoms with van der Waals surface area (Å²) in [6.07, 6.45) is 0. The van der Waals surface area contributed by atoms with Crippen LogP contribution in [0, 0.1) is 0 Å². The van der Waals surface area contributed by atoms with Crippen molar-refractivity contribution in [1.82, 2.24) is 5.32 Å². The number of methoxy groups -OCH3 is 1. The van der Waals surface area contributed by atoms with Crippen LogP contribution in [0.4, 0.5) is 0 Å². The topological polar surface area (TPSA) is 72.5 Å². The van der Waals surface area contributed by atoms with Crippen LogP contribution in [0.2, 0.25) is 5.02 Å². The third kappa shape index (κ3) is 3.85. The molecule has 0 aliphatic rings. The van der Waals surface area contributed by atoms with Gasteiger partial charge in [0.15, 0.2) is 9.84 Å². The molecular weight excluding hydrogens is 394 g/mol. The molecule has 0 spiro atoms. The Kier molecular flexibility index (Phi) is 5.50. The number of fused-ring (bicyclic) bond motifs is 1. The first kappa shape index (κ1) is 18.7. The number of rotatable bonds is 6. The standard InChI is InChI=1S/C18H16ClNO4S2/c1-24-12-5-7-13(8-6-12)26(22,23)10-9-20-18(21)15-11-25-17-14(15)3-2-4-16(17)19/h2-8,11H,9-10H2,1H3,(H,20,21). The van der Waals surface area contributed by atoms with E-state index in [9.17, 15) is 13.2 Å². The van der Waals surface area contributed by atoms with Crippen LogP contribution in [0.1, 0.15) is 10.4 Å². The first-order valence-corrected chi connectivity index (χ1v) is 10.6. The Morgan fingerprint density at radius 1 is 1.19 bits per heavy atom. The van der Waals surface area contributed by atoms with Gasteiger partial charge in [0.05, 0.1) is 33.0 Å². The summed E-state index contributed by atoms with van der Waals surface area (Å²) in [5, 5.41) is 5.75. The minimum atomic E-state index is -3.49. The number of carbonyl (C=O) groups excluding carboxylic acids is 1. The van der Waals surface area contributed by atoms with Gasteiger partial charge in [-0.1, -0.05) is 23.7 Å². The van der Waals surface area contributed by atoms with Gasteiger partial charge in [-0.15, -0.1) is 11.3 Å². The fourth-order valence-electron chi connectivity index (χ4n) is 2.49. The SMILES string of the molecule is COc1ccc(S(=O)(=O)CCNC(=O)c2csc3c(Cl)cccc23)cc1. The van der Waals surface area contributed by atoms with Gasteiger partial charge in [0.2, 0.25) is 0 Å². The van der Waals surface area contributed by atoms with E-state index in [0.29, 0.717) is 16.3 Å². The van der Waals surface area contributed by atoms with E-state index in [1.54, 1.807) is 29.6 Å². The molecule has 0 radical (unpaired) electrons. The van der Waals surface area contributed by atoms with Crippen molar-refractivity contribution < 1.29 is 17.9 Å². The van der Waals surface area contributed by atoms with Crippen molar-refractivity contribution >= 4 is 48.8 Å². The lowest BCUT2D eigenvalue weighted by Gasteiger charge is -2.07. The van der Waals surface area contributed by atoms with Gasteiger partial charge in [0, 0.05) is 17.3 Å². The minimum absolute atomic E-state index is 0.0189. The molecule has 0 aliphatic heterocycles. The highest BCUT2D eigenvalue weighted by molar-refractivity contribution is 7.91. The zero-order valence-electron chi connectivity index (χ0n) is 13.9. The predicted molar refractivity (Wildman–Crippen MR) is 104 cm³/mol. The van der Waals surface area contributed by atoms with Crippen molar-refractivity contribution in [2.45, 2.75) is 4.90 Å². The maximum atomic E-state index is 12.4. The highest BCUT2D eigenvalue weighted by atomic mass is 35.5. The molecule has 1 aromatic heterocycles. The van der Waals surface area contributed by atoms with Crippen molar-refractivity contribution in [3.05, 3.63) is 58.4 Å². The molecule has 0 saturated carbocycles. The molecule has 1 N–H and O–H groups in total. The zero-order valence-corrected chi connectivity index (χ0v) is 16.2. The van der Waals surface area contributed by atoms with Gasteiger partial charge in [0.25, 0.3) is 5.91 Å². The summed E-state index contributed by atoms with van der Waals surface area (Å²) in [5.74, 6) is 0.0807. The maximum absolute atomic E-state index is 12.4. The second-order valence-electron chi connectivity index (χ2n) is 5.52. The first-order valence-electron chi connectivity index (χ1n) is 7.73. The Bertz CT molecular complexity index is 1040. The number of amides is 1. The first-order chi connectivity index (χ1) is 12.4. The number of hydrogen-bond acceptors (Lipinski definition) is 5. The summed E-state index contributed by atoms with van der Waals surface area (Å²) in [7, 11) is -1.97. The van der Waals surface area contributed by atoms with Gasteiger partial charge < -0.3 is 10.1 Å². The lowest BCUT2D eigenvalue weighted by Crippen LogP contribution is -2.29. The predicted octanol–water partition coefficient (Wildman–Crippen LogP) is 3.77. The van der Waals surface area contributed by atoms with Crippen molar-refractivity contribution in [3.63, 3.8) is 0 Å². The molecule has 0 bridgehead atoms. The lowest BCUT2D eigenvalue weighted by atomic mass is 10.1. The quantitative estimate of drug-likeness (QED) is 0.672. The number of halogens is 1. The molecule has 1 amide bonds. The average Bonchev–Trinajstić information content (AvgIpc) is 3.07. The monoisotopic (exact) mass is 409 g/mol. The van der Waals surface area contributed by atoms with E-state index in [1.165, 1.54) is 30.6 Å². The van der Waals surface area contributed by atoms with Crippen LogP contribution in [0.5, 0.6) is 5.75 Å². The molecule has 0 fully saturated rings. The van der Waals surface area contributed by atoms with E-state index in [2.05, 4.69) is 5.32 Å². The van der Waals surface area contributed by atoms with E-state index in [1.807, 2.05) is 6.07 Å². The largest absolute Gasteiger partial charge is 0.497 e. The Morgan fingerprint density at radius 3 is 2.62 bits per heavy atom. The number of sulfone groups is 1. The molecular formula is C18H16ClNO4S2. The second-order valence-corrected chi connectivity index (χ2v) is 8.91. The average molecular weight is 410 g/mol. The second kappa shape index (κ2) is 7.65. The molecule has 1 heterocycles. The normalized spacial score (nSPS) is 11.5. The molecule has 136 valence electrons. The third-order valence-corrected chi connectivity index (χ3v) is 7.06. The third-order valence-electron chi connectivity index (χ3n) is 3.87. The van der Waals surface area contributed by atoms with E-state index >= 15 is 0 Å². The maximum Gasteiger partial charge on any atom is 0.252 e. The highest BCUT2D eigenvalue weighted by Crippen LogP contribution is 2.31. The fourth-order valence-corrected chi connectivity index (χ4v) is 4.91. The summed E-state index contributed by atoms with van der Waals surface area (Å²) in [6, 6.07) is 11.5. The number of nitrogens with one attached hydrogen (secondary N) is 1. The number of thiophene rings is 1. The van der Waals surface area contributed by atoms with Crippen molar-refractivity contribution in [3.8, 4) is 5.75 Å². The molecule has 2 aromatic carbocycles. The Morgan fingerprint density at radius 2 is 1.92 bits per heavy atom. The van der Waals surface area contributed by atoms with Crippen molar-refractivity contribution in [2.24, 2.45) is 0 Å². The molecule has 5 nitrogen and oxygen atoms in total. The van der Waals surface area contributed by atoms with Crippen LogP contribution in [-0.2, 0) is 9.84 Å². The van der Waals surface area contributed by atoms with Gasteiger partial charge in [-0.05, 0) is 30.3 Å². The van der Waals surface area contributed by atoms with Crippen LogP contribution < -0.4 is 10.1 Å². The number of hydrogen-bond donors (Lipinski definition) is 1. The molecule has 0 aliphatic carbocycles. The van der Waals surface area contributed by atoms with E-state index in [4.69, 9.17) is 16.3 Å². The highest BCUT2D eigenvalue weighted by Gasteiger charge is 2.17. The summed E-state index contributed by atoms with van der Waals surface area (Å²) in [6.45, 7) is 0.0189. The summed E-state index contributed by atoms with van der Waals surface area (Å²) >= 11 is 7.50. The zero-order chi connectivity index (χ0) is 18.7. The Hall–Kier alpha value is -2.09. The fraction of sp³-hybridized carbons (Fsp3) is 0.167. The number of benzene rings is 2. The van der Waals surface area contributed by atoms with Gasteiger partial charge >= 0.3 is 0 Å². The Labute approximate surface area is 160 Å². The summed E-state index contributed by atoms with van der Waals surface area (Å²) < 4.78 is 30.6. The summed E-state index contributed by atoms with van der Waals surface area (Å²) in [4.78, 5) is 12.6. The molecule has 0 unspecified atom stereocenters. The molecule has 8 heteroatoms. The van der Waals surface area contributed by atoms with Gasteiger partial charge in [-0.25, -0.2) is 8.42 Å². The van der Waals surface area contributed by atoms with E-state index in [0.717, 1.165) is 10.1 Å². The van der Waals surface area contributed by atoms with Crippen LogP contribution in [0.15, 0.2) is 52.7 Å². The number of ether oxygens (including phenoxy) is 1. The van der Waals surface area contributed by atoms with Crippen molar-refractivity contribution in [2.75, 3.05) is 19.4 Å². The van der Waals surface area contributed by atoms with Crippen LogP contribution >= 0.6 is 22.9 Å². The van der Waals surface area contributed by atoms with E-state index in [-0.39, 0.29) is 23.1 Å². The van der Waals surface area contributed by atoms with Gasteiger partial charge in [0.1, 0.15) is 5.75 Å². The molecule has 3 rings (SSSR count). The lowest BCUT2D eigenvalue weighted by molar-refractivity contribution is 0.0958. The van der Waals surface area contributed by atoms with E-state index < -0.39 is 9.84 Å². The van der Waals surface area contributed by atoms with Crippen LogP contribution in [0.25, 0.3) is 10.1 Å². The van der Waals surface area contributed by atoms with Gasteiger partial charge in [-0.2, -0.15) is 0 Å². The molecule has 0 atom stereocenters.